The molecule has 24 heavy (non-hydrogen) atoms. The minimum absolute atomic E-state index is 0.554. The van der Waals surface area contributed by atoms with Crippen molar-refractivity contribution >= 4 is 0 Å². The second-order valence-corrected chi connectivity index (χ2v) is 6.54. The van der Waals surface area contributed by atoms with Gasteiger partial charge in [0.25, 0.3) is 0 Å². The SMILES string of the molecule is c1ccc(Cn2ccnc2CN2CCC[C@@H](c3ccn[nH]3)C2)cc1. The van der Waals surface area contributed by atoms with Gasteiger partial charge in [0.2, 0.25) is 0 Å². The standard InChI is InChI=1S/C19H23N5/c1-2-5-16(6-3-1)13-24-12-10-20-19(24)15-23-11-4-7-17(14-23)18-8-9-21-22-18/h1-3,5-6,8-10,12,17H,4,7,11,13-15H2,(H,21,22)/t17-/m1/s1. The second-order valence-electron chi connectivity index (χ2n) is 6.54. The number of nitrogens with zero attached hydrogens (tertiary/aromatic N) is 4. The lowest BCUT2D eigenvalue weighted by molar-refractivity contribution is 0.192. The number of likely N-dealkylation sites (tertiary alicyclic amines) is 1. The van der Waals surface area contributed by atoms with E-state index in [9.17, 15) is 0 Å². The summed E-state index contributed by atoms with van der Waals surface area (Å²) in [5.74, 6) is 1.70. The Morgan fingerprint density at radius 1 is 1.08 bits per heavy atom. The van der Waals surface area contributed by atoms with Crippen LogP contribution < -0.4 is 0 Å². The van der Waals surface area contributed by atoms with Gasteiger partial charge >= 0.3 is 0 Å². The van der Waals surface area contributed by atoms with Crippen molar-refractivity contribution in [3.05, 3.63) is 72.1 Å². The summed E-state index contributed by atoms with van der Waals surface area (Å²) in [5, 5.41) is 7.23. The number of benzene rings is 1. The van der Waals surface area contributed by atoms with Crippen molar-refractivity contribution in [1.82, 2.24) is 24.6 Å². The summed E-state index contributed by atoms with van der Waals surface area (Å²) in [4.78, 5) is 7.11. The number of aromatic nitrogens is 4. The molecule has 124 valence electrons. The third-order valence-electron chi connectivity index (χ3n) is 4.83. The molecule has 3 heterocycles. The molecule has 0 bridgehead atoms. The minimum atomic E-state index is 0.554. The first-order valence-electron chi connectivity index (χ1n) is 8.64. The fourth-order valence-electron chi connectivity index (χ4n) is 3.56. The number of imidazole rings is 1. The lowest BCUT2D eigenvalue weighted by Crippen LogP contribution is -2.34. The maximum absolute atomic E-state index is 4.60. The molecule has 0 saturated carbocycles. The summed E-state index contributed by atoms with van der Waals surface area (Å²) in [6.45, 7) is 4.00. The maximum atomic E-state index is 4.60. The third kappa shape index (κ3) is 3.41. The number of H-pyrrole nitrogens is 1. The lowest BCUT2D eigenvalue weighted by Gasteiger charge is -2.32. The average molecular weight is 321 g/mol. The topological polar surface area (TPSA) is 49.7 Å². The van der Waals surface area contributed by atoms with Crippen LogP contribution in [0, 0.1) is 0 Å². The van der Waals surface area contributed by atoms with Crippen molar-refractivity contribution in [1.29, 1.82) is 0 Å². The van der Waals surface area contributed by atoms with Gasteiger partial charge in [-0.2, -0.15) is 5.10 Å². The van der Waals surface area contributed by atoms with Gasteiger partial charge in [-0.3, -0.25) is 10.00 Å². The Morgan fingerprint density at radius 3 is 2.83 bits per heavy atom. The molecule has 1 aliphatic rings. The fraction of sp³-hybridized carbons (Fsp3) is 0.368. The number of hydrogen-bond acceptors (Lipinski definition) is 3. The first-order valence-corrected chi connectivity index (χ1v) is 8.64. The molecule has 1 atom stereocenters. The van der Waals surface area contributed by atoms with Gasteiger partial charge in [-0.25, -0.2) is 4.98 Å². The van der Waals surface area contributed by atoms with Gasteiger partial charge in [0, 0.05) is 43.3 Å². The van der Waals surface area contributed by atoms with Crippen molar-refractivity contribution in [3.8, 4) is 0 Å². The van der Waals surface area contributed by atoms with Crippen LogP contribution in [0.4, 0.5) is 0 Å². The van der Waals surface area contributed by atoms with E-state index in [-0.39, 0.29) is 0 Å². The van der Waals surface area contributed by atoms with Crippen molar-refractivity contribution in [2.24, 2.45) is 0 Å². The Morgan fingerprint density at radius 2 is 2.00 bits per heavy atom. The summed E-state index contributed by atoms with van der Waals surface area (Å²) in [6, 6.07) is 12.7. The summed E-state index contributed by atoms with van der Waals surface area (Å²) < 4.78 is 2.26. The minimum Gasteiger partial charge on any atom is -0.329 e. The second kappa shape index (κ2) is 7.01. The van der Waals surface area contributed by atoms with Gasteiger partial charge in [0.15, 0.2) is 0 Å². The first kappa shape index (κ1) is 15.1. The number of nitrogens with one attached hydrogen (secondary N) is 1. The molecule has 1 aromatic carbocycles. The van der Waals surface area contributed by atoms with Crippen molar-refractivity contribution in [2.45, 2.75) is 31.8 Å². The van der Waals surface area contributed by atoms with Crippen LogP contribution in [0.1, 0.15) is 35.8 Å². The molecule has 3 aromatic rings. The summed E-state index contributed by atoms with van der Waals surface area (Å²) in [5.41, 5.74) is 2.57. The van der Waals surface area contributed by atoms with Crippen LogP contribution in [0.2, 0.25) is 0 Å². The highest BCUT2D eigenvalue weighted by Gasteiger charge is 2.23. The van der Waals surface area contributed by atoms with Gasteiger partial charge in [-0.15, -0.1) is 0 Å². The molecule has 0 amide bonds. The van der Waals surface area contributed by atoms with Gasteiger partial charge in [-0.05, 0) is 31.0 Å². The molecular weight excluding hydrogens is 298 g/mol. The van der Waals surface area contributed by atoms with Crippen LogP contribution in [-0.4, -0.2) is 37.7 Å². The highest BCUT2D eigenvalue weighted by Crippen LogP contribution is 2.26. The zero-order chi connectivity index (χ0) is 16.2. The molecule has 1 N–H and O–H groups in total. The number of aromatic amines is 1. The van der Waals surface area contributed by atoms with Gasteiger partial charge in [0.05, 0.1) is 6.54 Å². The van der Waals surface area contributed by atoms with Crippen molar-refractivity contribution in [3.63, 3.8) is 0 Å². The quantitative estimate of drug-likeness (QED) is 0.786. The number of piperidine rings is 1. The summed E-state index contributed by atoms with van der Waals surface area (Å²) in [7, 11) is 0. The molecule has 1 aliphatic heterocycles. The smallest absolute Gasteiger partial charge is 0.123 e. The molecule has 2 aromatic heterocycles. The predicted octanol–water partition coefficient (Wildman–Crippen LogP) is 3.03. The predicted molar refractivity (Wildman–Crippen MR) is 93.6 cm³/mol. The maximum Gasteiger partial charge on any atom is 0.123 e. The van der Waals surface area contributed by atoms with Crippen LogP contribution in [0.5, 0.6) is 0 Å². The van der Waals surface area contributed by atoms with Crippen LogP contribution in [-0.2, 0) is 13.1 Å². The average Bonchev–Trinajstić information content (AvgIpc) is 3.29. The van der Waals surface area contributed by atoms with Gasteiger partial charge in [0.1, 0.15) is 5.82 Å². The number of rotatable bonds is 5. The highest BCUT2D eigenvalue weighted by molar-refractivity contribution is 5.16. The molecular formula is C19H23N5. The van der Waals surface area contributed by atoms with E-state index >= 15 is 0 Å². The van der Waals surface area contributed by atoms with E-state index in [1.54, 1.807) is 0 Å². The molecule has 0 aliphatic carbocycles. The Hall–Kier alpha value is -2.40. The van der Waals surface area contributed by atoms with E-state index in [4.69, 9.17) is 0 Å². The van der Waals surface area contributed by atoms with Crippen molar-refractivity contribution < 1.29 is 0 Å². The molecule has 0 unspecified atom stereocenters. The van der Waals surface area contributed by atoms with Gasteiger partial charge in [-0.1, -0.05) is 30.3 Å². The zero-order valence-electron chi connectivity index (χ0n) is 13.8. The fourth-order valence-corrected chi connectivity index (χ4v) is 3.56. The number of hydrogen-bond donors (Lipinski definition) is 1. The first-order chi connectivity index (χ1) is 11.9. The summed E-state index contributed by atoms with van der Waals surface area (Å²) in [6.07, 6.45) is 8.30. The van der Waals surface area contributed by atoms with Crippen LogP contribution in [0.15, 0.2) is 55.0 Å². The Balaban J connectivity index is 1.43. The normalized spacial score (nSPS) is 18.8. The molecule has 5 heteroatoms. The zero-order valence-corrected chi connectivity index (χ0v) is 13.8. The van der Waals surface area contributed by atoms with Crippen molar-refractivity contribution in [2.75, 3.05) is 13.1 Å². The third-order valence-corrected chi connectivity index (χ3v) is 4.83. The Kier molecular flexibility index (Phi) is 4.42. The van der Waals surface area contributed by atoms with E-state index in [0.717, 1.165) is 32.0 Å². The Labute approximate surface area is 142 Å². The monoisotopic (exact) mass is 321 g/mol. The molecule has 4 rings (SSSR count). The van der Waals surface area contributed by atoms with Crippen LogP contribution in [0.3, 0.4) is 0 Å². The Bertz CT molecular complexity index is 747. The molecule has 0 spiro atoms. The van der Waals surface area contributed by atoms with E-state index in [1.807, 2.05) is 12.4 Å². The van der Waals surface area contributed by atoms with E-state index < -0.39 is 0 Å². The van der Waals surface area contributed by atoms with E-state index in [1.165, 1.54) is 24.1 Å². The molecule has 1 fully saturated rings. The molecule has 0 radical (unpaired) electrons. The van der Waals surface area contributed by atoms with Crippen LogP contribution >= 0.6 is 0 Å². The largest absolute Gasteiger partial charge is 0.329 e. The summed E-state index contributed by atoms with van der Waals surface area (Å²) >= 11 is 0. The lowest BCUT2D eigenvalue weighted by atomic mass is 9.95. The highest BCUT2D eigenvalue weighted by atomic mass is 15.2. The van der Waals surface area contributed by atoms with E-state index in [2.05, 4.69) is 67.2 Å². The van der Waals surface area contributed by atoms with E-state index in [0.29, 0.717) is 5.92 Å². The molecule has 1 saturated heterocycles. The van der Waals surface area contributed by atoms with Crippen LogP contribution in [0.25, 0.3) is 0 Å². The molecule has 5 nitrogen and oxygen atoms in total. The van der Waals surface area contributed by atoms with Gasteiger partial charge < -0.3 is 4.57 Å².